The van der Waals surface area contributed by atoms with E-state index in [9.17, 15) is 4.79 Å². The molecule has 1 heterocycles. The van der Waals surface area contributed by atoms with Gasteiger partial charge in [0.15, 0.2) is 0 Å². The molecule has 0 aliphatic carbocycles. The minimum Gasteiger partial charge on any atom is -0.465 e. The lowest BCUT2D eigenvalue weighted by atomic mass is 9.81. The average molecular weight is 225 g/mol. The van der Waals surface area contributed by atoms with Gasteiger partial charge in [0.05, 0.1) is 12.7 Å². The summed E-state index contributed by atoms with van der Waals surface area (Å²) < 4.78 is 4.43. The summed E-state index contributed by atoms with van der Waals surface area (Å²) in [6, 6.07) is 1.31. The van der Waals surface area contributed by atoms with Crippen LogP contribution in [0, 0.1) is 0 Å². The first kappa shape index (κ1) is 14.6. The van der Waals surface area contributed by atoms with E-state index in [-0.39, 0.29) is 11.0 Å². The zero-order valence-corrected chi connectivity index (χ0v) is 9.67. The normalized spacial score (nSPS) is 8.81. The Morgan fingerprint density at radius 3 is 2.44 bits per heavy atom. The van der Waals surface area contributed by atoms with Gasteiger partial charge in [0, 0.05) is 17.9 Å². The van der Waals surface area contributed by atoms with E-state index in [0.717, 1.165) is 0 Å². The summed E-state index contributed by atoms with van der Waals surface area (Å²) in [4.78, 5) is 14.6. The Balaban J connectivity index is 0.000000673. The van der Waals surface area contributed by atoms with Crippen molar-refractivity contribution in [3.8, 4) is 0 Å². The number of rotatable bonds is 2. The number of nitrogens with zero attached hydrogens (tertiary/aromatic N) is 1. The van der Waals surface area contributed by atoms with Crippen LogP contribution in [0.1, 0.15) is 30.6 Å². The van der Waals surface area contributed by atoms with Crippen molar-refractivity contribution in [3.05, 3.63) is 24.0 Å². The first-order chi connectivity index (χ1) is 7.56. The van der Waals surface area contributed by atoms with Gasteiger partial charge in [0.1, 0.15) is 0 Å². The van der Waals surface area contributed by atoms with E-state index < -0.39 is 13.1 Å². The van der Waals surface area contributed by atoms with Gasteiger partial charge in [-0.3, -0.25) is 4.98 Å². The summed E-state index contributed by atoms with van der Waals surface area (Å²) in [5.74, 6) is -0.560. The Morgan fingerprint density at radius 1 is 1.44 bits per heavy atom. The van der Waals surface area contributed by atoms with Crippen LogP contribution in [-0.2, 0) is 4.74 Å². The first-order valence-electron chi connectivity index (χ1n) is 4.96. The first-order valence-corrected chi connectivity index (χ1v) is 4.96. The van der Waals surface area contributed by atoms with Gasteiger partial charge < -0.3 is 14.8 Å². The van der Waals surface area contributed by atoms with Crippen LogP contribution in [0.2, 0.25) is 0 Å². The number of methoxy groups -OCH3 is 1. The van der Waals surface area contributed by atoms with Crippen LogP contribution in [-0.4, -0.2) is 35.2 Å². The van der Waals surface area contributed by atoms with Gasteiger partial charge >= 0.3 is 13.1 Å². The van der Waals surface area contributed by atoms with Crippen molar-refractivity contribution in [1.29, 1.82) is 0 Å². The monoisotopic (exact) mass is 225 g/mol. The van der Waals surface area contributed by atoms with E-state index in [1.54, 1.807) is 0 Å². The molecule has 16 heavy (non-hydrogen) atoms. The van der Waals surface area contributed by atoms with Crippen molar-refractivity contribution in [2.24, 2.45) is 0 Å². The number of esters is 1. The van der Waals surface area contributed by atoms with Gasteiger partial charge in [-0.15, -0.1) is 0 Å². The Hall–Kier alpha value is -1.40. The molecule has 0 bridgehead atoms. The molecule has 0 saturated heterocycles. The largest absolute Gasteiger partial charge is 0.490 e. The highest BCUT2D eigenvalue weighted by Crippen LogP contribution is 1.96. The molecular weight excluding hydrogens is 209 g/mol. The summed E-state index contributed by atoms with van der Waals surface area (Å²) in [5.41, 5.74) is 0.344. The van der Waals surface area contributed by atoms with Crippen molar-refractivity contribution < 1.29 is 19.6 Å². The number of carbonyl (C=O) groups is 1. The molecule has 0 atom stereocenters. The molecule has 0 fully saturated rings. The molecule has 88 valence electrons. The van der Waals surface area contributed by atoms with Gasteiger partial charge in [0.2, 0.25) is 0 Å². The summed E-state index contributed by atoms with van der Waals surface area (Å²) in [7, 11) is -0.387. The van der Waals surface area contributed by atoms with Crippen LogP contribution in [0.25, 0.3) is 0 Å². The predicted octanol–water partition coefficient (Wildman–Crippen LogP) is -0.0357. The van der Waals surface area contributed by atoms with Gasteiger partial charge in [-0.1, -0.05) is 20.3 Å². The third-order valence-corrected chi connectivity index (χ3v) is 1.48. The Labute approximate surface area is 95.2 Å². The number of aromatic nitrogens is 1. The lowest BCUT2D eigenvalue weighted by Crippen LogP contribution is -2.30. The SMILES string of the molecule is CCC.COC(=O)c1cncc(B(O)O)c1. The number of ether oxygens (including phenoxy) is 1. The minimum absolute atomic E-state index is 0.155. The van der Waals surface area contributed by atoms with E-state index in [1.807, 2.05) is 0 Å². The predicted molar refractivity (Wildman–Crippen MR) is 61.4 cm³/mol. The quantitative estimate of drug-likeness (QED) is 0.545. The van der Waals surface area contributed by atoms with Crippen molar-refractivity contribution >= 4 is 18.6 Å². The smallest absolute Gasteiger partial charge is 0.465 e. The zero-order chi connectivity index (χ0) is 12.6. The zero-order valence-electron chi connectivity index (χ0n) is 9.67. The standard InChI is InChI=1S/C7H8BNO4.C3H8/c1-13-7(10)5-2-6(8(11)12)4-9-3-5;1-3-2/h2-4,11-12H,1H3;3H2,1-2H3. The molecule has 0 aliphatic rings. The Morgan fingerprint density at radius 2 is 2.00 bits per heavy atom. The van der Waals surface area contributed by atoms with E-state index >= 15 is 0 Å². The van der Waals surface area contributed by atoms with Crippen LogP contribution in [0.4, 0.5) is 0 Å². The van der Waals surface area contributed by atoms with Gasteiger partial charge in [0.25, 0.3) is 0 Å². The second-order valence-corrected chi connectivity index (χ2v) is 3.08. The van der Waals surface area contributed by atoms with E-state index in [2.05, 4.69) is 23.6 Å². The maximum absolute atomic E-state index is 11.0. The molecule has 2 N–H and O–H groups in total. The molecule has 1 aromatic heterocycles. The van der Waals surface area contributed by atoms with E-state index in [1.165, 1.54) is 32.0 Å². The summed E-state index contributed by atoms with van der Waals surface area (Å²) >= 11 is 0. The maximum Gasteiger partial charge on any atom is 0.490 e. The molecule has 0 radical (unpaired) electrons. The second-order valence-electron chi connectivity index (χ2n) is 3.08. The molecule has 0 aromatic carbocycles. The number of carbonyl (C=O) groups excluding carboxylic acids is 1. The highest BCUT2D eigenvalue weighted by Gasteiger charge is 2.14. The van der Waals surface area contributed by atoms with Crippen molar-refractivity contribution in [3.63, 3.8) is 0 Å². The number of hydrogen-bond donors (Lipinski definition) is 2. The van der Waals surface area contributed by atoms with Gasteiger partial charge in [-0.2, -0.15) is 0 Å². The molecule has 5 nitrogen and oxygen atoms in total. The third-order valence-electron chi connectivity index (χ3n) is 1.48. The molecule has 0 aliphatic heterocycles. The van der Waals surface area contributed by atoms with Gasteiger partial charge in [-0.05, 0) is 6.07 Å². The van der Waals surface area contributed by atoms with Crippen LogP contribution >= 0.6 is 0 Å². The average Bonchev–Trinajstić information content (AvgIpc) is 2.29. The fourth-order valence-electron chi connectivity index (χ4n) is 0.828. The van der Waals surface area contributed by atoms with Crippen LogP contribution in [0.5, 0.6) is 0 Å². The van der Waals surface area contributed by atoms with E-state index in [4.69, 9.17) is 10.0 Å². The second kappa shape index (κ2) is 7.84. The molecule has 1 aromatic rings. The minimum atomic E-state index is -1.63. The number of pyridine rings is 1. The topological polar surface area (TPSA) is 79.7 Å². The molecule has 1 rings (SSSR count). The highest BCUT2D eigenvalue weighted by molar-refractivity contribution is 6.58. The molecule has 0 spiro atoms. The summed E-state index contributed by atoms with van der Waals surface area (Å²) in [6.07, 6.45) is 3.80. The molecule has 0 saturated carbocycles. The fourth-order valence-corrected chi connectivity index (χ4v) is 0.828. The summed E-state index contributed by atoms with van der Waals surface area (Å²) in [5, 5.41) is 17.5. The van der Waals surface area contributed by atoms with Gasteiger partial charge in [-0.25, -0.2) is 4.79 Å². The van der Waals surface area contributed by atoms with Crippen molar-refractivity contribution in [2.45, 2.75) is 20.3 Å². The molecule has 0 amide bonds. The van der Waals surface area contributed by atoms with Crippen molar-refractivity contribution in [1.82, 2.24) is 4.98 Å². The third kappa shape index (κ3) is 4.90. The molecule has 6 heteroatoms. The van der Waals surface area contributed by atoms with E-state index in [0.29, 0.717) is 0 Å². The lowest BCUT2D eigenvalue weighted by molar-refractivity contribution is 0.0600. The lowest BCUT2D eigenvalue weighted by Gasteiger charge is -2.01. The molecular formula is C10H16BNO4. The highest BCUT2D eigenvalue weighted by atomic mass is 16.5. The van der Waals surface area contributed by atoms with Crippen LogP contribution in [0.3, 0.4) is 0 Å². The number of hydrogen-bond acceptors (Lipinski definition) is 5. The summed E-state index contributed by atoms with van der Waals surface area (Å²) in [6.45, 7) is 4.25. The van der Waals surface area contributed by atoms with Crippen LogP contribution < -0.4 is 5.46 Å². The van der Waals surface area contributed by atoms with Crippen molar-refractivity contribution in [2.75, 3.05) is 7.11 Å². The fraction of sp³-hybridized carbons (Fsp3) is 0.400. The van der Waals surface area contributed by atoms with Crippen LogP contribution in [0.15, 0.2) is 18.5 Å². The maximum atomic E-state index is 11.0. The molecule has 0 unspecified atom stereocenters. The Bertz CT molecular complexity index is 330. The Kier molecular flexibility index (Phi) is 7.16.